The number of rotatable bonds is 4. The van der Waals surface area contributed by atoms with E-state index in [9.17, 15) is 14.0 Å². The predicted octanol–water partition coefficient (Wildman–Crippen LogP) is 1.98. The summed E-state index contributed by atoms with van der Waals surface area (Å²) in [6.07, 6.45) is 2.23. The maximum Gasteiger partial charge on any atom is 0.326 e. The standard InChI is InChI=1S/C23H28F2N6O2/c1-26-22(32)16-6-7-18(21(25)27-16)30-11-9-29(10-12-30)13-14-4-5-15-17-3-2-8-31(17)23(33)28-20(15)19(14)24/h2-3,6-8,14-15,19-20H,4-5,9-13H2,1H3,(H,26,32)(H,28,33). The summed E-state index contributed by atoms with van der Waals surface area (Å²) in [5.41, 5.74) is 1.32. The fourth-order valence-corrected chi connectivity index (χ4v) is 5.47. The van der Waals surface area contributed by atoms with Crippen LogP contribution in [0, 0.1) is 11.9 Å². The van der Waals surface area contributed by atoms with Crippen molar-refractivity contribution in [3.05, 3.63) is 47.8 Å². The Morgan fingerprint density at radius 3 is 2.73 bits per heavy atom. The summed E-state index contributed by atoms with van der Waals surface area (Å²) in [5.74, 6) is -1.23. The molecule has 2 aliphatic heterocycles. The molecule has 176 valence electrons. The van der Waals surface area contributed by atoms with Gasteiger partial charge >= 0.3 is 6.03 Å². The zero-order valence-electron chi connectivity index (χ0n) is 18.5. The molecule has 4 atom stereocenters. The van der Waals surface area contributed by atoms with Crippen molar-refractivity contribution in [3.63, 3.8) is 0 Å². The maximum atomic E-state index is 15.5. The smallest absolute Gasteiger partial charge is 0.326 e. The Bertz CT molecular complexity index is 1050. The Morgan fingerprint density at radius 1 is 1.21 bits per heavy atom. The number of amides is 2. The van der Waals surface area contributed by atoms with Crippen LogP contribution < -0.4 is 15.5 Å². The quantitative estimate of drug-likeness (QED) is 0.685. The van der Waals surface area contributed by atoms with Gasteiger partial charge in [-0.1, -0.05) is 0 Å². The number of hydrogen-bond acceptors (Lipinski definition) is 5. The van der Waals surface area contributed by atoms with E-state index in [-0.39, 0.29) is 23.6 Å². The fraction of sp³-hybridized carbons (Fsp3) is 0.522. The summed E-state index contributed by atoms with van der Waals surface area (Å²) in [5, 5.41) is 5.31. The Labute approximate surface area is 190 Å². The molecular weight excluding hydrogens is 430 g/mol. The minimum absolute atomic E-state index is 0.00836. The first kappa shape index (κ1) is 21.8. The fourth-order valence-electron chi connectivity index (χ4n) is 5.47. The van der Waals surface area contributed by atoms with Crippen LogP contribution in [0.1, 0.15) is 34.9 Å². The molecule has 3 aliphatic rings. The van der Waals surface area contributed by atoms with Crippen LogP contribution in [0.25, 0.3) is 0 Å². The summed E-state index contributed by atoms with van der Waals surface area (Å²) < 4.78 is 31.6. The average molecular weight is 459 g/mol. The molecule has 33 heavy (non-hydrogen) atoms. The molecule has 8 nitrogen and oxygen atoms in total. The molecule has 10 heteroatoms. The lowest BCUT2D eigenvalue weighted by atomic mass is 9.74. The number of aromatic nitrogens is 2. The first-order chi connectivity index (χ1) is 16.0. The molecule has 0 aromatic carbocycles. The second-order valence-electron chi connectivity index (χ2n) is 9.04. The van der Waals surface area contributed by atoms with Crippen LogP contribution in [0.5, 0.6) is 0 Å². The molecule has 2 aromatic rings. The van der Waals surface area contributed by atoms with Crippen LogP contribution in [0.2, 0.25) is 0 Å². The lowest BCUT2D eigenvalue weighted by Gasteiger charge is -2.44. The highest BCUT2D eigenvalue weighted by atomic mass is 19.1. The molecule has 4 heterocycles. The van der Waals surface area contributed by atoms with Crippen molar-refractivity contribution in [2.24, 2.45) is 5.92 Å². The van der Waals surface area contributed by atoms with Crippen LogP contribution in [-0.4, -0.2) is 78.4 Å². The zero-order chi connectivity index (χ0) is 23.1. The van der Waals surface area contributed by atoms with Gasteiger partial charge in [0, 0.05) is 63.5 Å². The third-order valence-corrected chi connectivity index (χ3v) is 7.24. The number of hydrogen-bond donors (Lipinski definition) is 2. The molecule has 2 fully saturated rings. The van der Waals surface area contributed by atoms with E-state index in [2.05, 4.69) is 20.5 Å². The van der Waals surface area contributed by atoms with Crippen molar-refractivity contribution in [2.45, 2.75) is 31.0 Å². The molecule has 1 saturated heterocycles. The zero-order valence-corrected chi connectivity index (χ0v) is 18.5. The third kappa shape index (κ3) is 3.96. The number of alkyl halides is 1. The summed E-state index contributed by atoms with van der Waals surface area (Å²) in [6, 6.07) is 6.11. The minimum Gasteiger partial charge on any atom is -0.365 e. The number of carbonyl (C=O) groups excluding carboxylic acids is 2. The molecule has 1 saturated carbocycles. The van der Waals surface area contributed by atoms with Gasteiger partial charge in [0.25, 0.3) is 5.91 Å². The molecule has 2 amide bonds. The van der Waals surface area contributed by atoms with Crippen LogP contribution >= 0.6 is 0 Å². The Balaban J connectivity index is 1.19. The van der Waals surface area contributed by atoms with Crippen LogP contribution in [-0.2, 0) is 0 Å². The van der Waals surface area contributed by atoms with E-state index in [1.165, 1.54) is 13.1 Å². The number of nitrogens with one attached hydrogen (secondary N) is 2. The minimum atomic E-state index is -1.10. The number of carbonyl (C=O) groups is 2. The number of piperazine rings is 1. The molecule has 0 radical (unpaired) electrons. The van der Waals surface area contributed by atoms with Crippen molar-refractivity contribution < 1.29 is 18.4 Å². The average Bonchev–Trinajstić information content (AvgIpc) is 3.32. The van der Waals surface area contributed by atoms with E-state index < -0.39 is 24.1 Å². The van der Waals surface area contributed by atoms with Crippen molar-refractivity contribution in [2.75, 3.05) is 44.7 Å². The third-order valence-electron chi connectivity index (χ3n) is 7.24. The predicted molar refractivity (Wildman–Crippen MR) is 119 cm³/mol. The Kier molecular flexibility index (Phi) is 5.77. The van der Waals surface area contributed by atoms with Gasteiger partial charge in [-0.15, -0.1) is 0 Å². The first-order valence-corrected chi connectivity index (χ1v) is 11.4. The molecule has 2 aromatic heterocycles. The highest BCUT2D eigenvalue weighted by molar-refractivity contribution is 5.92. The Morgan fingerprint density at radius 2 is 2.00 bits per heavy atom. The van der Waals surface area contributed by atoms with Crippen molar-refractivity contribution in [1.29, 1.82) is 0 Å². The maximum absolute atomic E-state index is 15.5. The molecular formula is C23H28F2N6O2. The largest absolute Gasteiger partial charge is 0.365 e. The lowest BCUT2D eigenvalue weighted by Crippen LogP contribution is -2.58. The van der Waals surface area contributed by atoms with Gasteiger partial charge in [0.15, 0.2) is 0 Å². The number of nitrogens with zero attached hydrogens (tertiary/aromatic N) is 4. The molecule has 4 unspecified atom stereocenters. The van der Waals surface area contributed by atoms with E-state index >= 15 is 4.39 Å². The van der Waals surface area contributed by atoms with E-state index in [1.54, 1.807) is 16.8 Å². The highest BCUT2D eigenvalue weighted by Gasteiger charge is 2.45. The molecule has 1 aliphatic carbocycles. The van der Waals surface area contributed by atoms with Gasteiger partial charge in [-0.2, -0.15) is 4.39 Å². The second kappa shape index (κ2) is 8.74. The number of fused-ring (bicyclic) bond motifs is 3. The van der Waals surface area contributed by atoms with Gasteiger partial charge in [0.05, 0.1) is 11.7 Å². The van der Waals surface area contributed by atoms with Crippen LogP contribution in [0.4, 0.5) is 19.3 Å². The summed E-state index contributed by atoms with van der Waals surface area (Å²) >= 11 is 0. The SMILES string of the molecule is CNC(=O)c1ccc(N2CCN(CC3CCC4c5cccn5C(=O)NC4C3F)CC2)c(F)n1. The molecule has 0 spiro atoms. The normalized spacial score (nSPS) is 27.5. The molecule has 5 rings (SSSR count). The number of halogens is 2. The van der Waals surface area contributed by atoms with Gasteiger partial charge in [0.1, 0.15) is 11.9 Å². The summed E-state index contributed by atoms with van der Waals surface area (Å²) in [6.45, 7) is 3.17. The first-order valence-electron chi connectivity index (χ1n) is 11.4. The topological polar surface area (TPSA) is 82.5 Å². The highest BCUT2D eigenvalue weighted by Crippen LogP contribution is 2.40. The summed E-state index contributed by atoms with van der Waals surface area (Å²) in [4.78, 5) is 31.9. The second-order valence-corrected chi connectivity index (χ2v) is 9.04. The van der Waals surface area contributed by atoms with Gasteiger partial charge in [-0.25, -0.2) is 14.2 Å². The monoisotopic (exact) mass is 458 g/mol. The van der Waals surface area contributed by atoms with E-state index in [1.807, 2.05) is 17.0 Å². The van der Waals surface area contributed by atoms with Crippen molar-refractivity contribution >= 4 is 17.6 Å². The van der Waals surface area contributed by atoms with E-state index in [0.29, 0.717) is 38.4 Å². The number of pyridine rings is 1. The molecule has 2 N–H and O–H groups in total. The van der Waals surface area contributed by atoms with Gasteiger partial charge in [-0.05, 0) is 37.1 Å². The number of anilines is 1. The van der Waals surface area contributed by atoms with E-state index in [0.717, 1.165) is 18.5 Å². The van der Waals surface area contributed by atoms with Gasteiger partial charge in [0.2, 0.25) is 5.95 Å². The lowest BCUT2D eigenvalue weighted by molar-refractivity contribution is 0.0696. The van der Waals surface area contributed by atoms with Crippen molar-refractivity contribution in [3.8, 4) is 0 Å². The van der Waals surface area contributed by atoms with Crippen LogP contribution in [0.3, 0.4) is 0 Å². The van der Waals surface area contributed by atoms with Crippen molar-refractivity contribution in [1.82, 2.24) is 25.1 Å². The van der Waals surface area contributed by atoms with Crippen LogP contribution in [0.15, 0.2) is 30.5 Å². The molecule has 0 bridgehead atoms. The Hall–Kier alpha value is -3.01. The van der Waals surface area contributed by atoms with Gasteiger partial charge in [-0.3, -0.25) is 14.3 Å². The van der Waals surface area contributed by atoms with E-state index in [4.69, 9.17) is 0 Å². The summed E-state index contributed by atoms with van der Waals surface area (Å²) in [7, 11) is 1.48. The van der Waals surface area contributed by atoms with Gasteiger partial charge < -0.3 is 15.5 Å².